The number of halogens is 1. The second-order valence-corrected chi connectivity index (χ2v) is 5.24. The minimum absolute atomic E-state index is 0.249. The maximum atomic E-state index is 12.9. The van der Waals surface area contributed by atoms with Crippen molar-refractivity contribution in [2.24, 2.45) is 0 Å². The molecule has 0 spiro atoms. The van der Waals surface area contributed by atoms with Crippen molar-refractivity contribution >= 4 is 27.5 Å². The molecule has 3 rings (SSSR count). The van der Waals surface area contributed by atoms with Crippen LogP contribution in [0.4, 0.5) is 4.39 Å². The van der Waals surface area contributed by atoms with Gasteiger partial charge in [-0.3, -0.25) is 4.79 Å². The van der Waals surface area contributed by atoms with Crippen molar-refractivity contribution < 1.29 is 9.18 Å². The predicted molar refractivity (Wildman–Crippen MR) is 75.0 cm³/mol. The summed E-state index contributed by atoms with van der Waals surface area (Å²) in [5, 5.41) is 3.53. The number of benzene rings is 1. The summed E-state index contributed by atoms with van der Waals surface area (Å²) in [5.74, 6) is -1.01. The van der Waals surface area contributed by atoms with Gasteiger partial charge in [0.05, 0.1) is 16.8 Å². The highest BCUT2D eigenvalue weighted by Gasteiger charge is 2.08. The SMILES string of the molecule is O=C(NCc1nc2ccccc2s1)c1ccnc(F)c1. The molecule has 4 nitrogen and oxygen atoms in total. The number of rotatable bonds is 3. The molecule has 20 heavy (non-hydrogen) atoms. The number of aromatic nitrogens is 2. The van der Waals surface area contributed by atoms with E-state index in [1.54, 1.807) is 0 Å². The van der Waals surface area contributed by atoms with Gasteiger partial charge in [0.2, 0.25) is 5.95 Å². The summed E-state index contributed by atoms with van der Waals surface area (Å²) in [6.45, 7) is 0.322. The molecule has 0 bridgehead atoms. The Kier molecular flexibility index (Phi) is 3.39. The van der Waals surface area contributed by atoms with Crippen molar-refractivity contribution in [3.05, 3.63) is 59.1 Å². The molecule has 1 aromatic carbocycles. The van der Waals surface area contributed by atoms with Gasteiger partial charge in [0, 0.05) is 17.8 Å². The molecule has 1 N–H and O–H groups in total. The standard InChI is InChI=1S/C14H10FN3OS/c15-12-7-9(5-6-16-12)14(19)17-8-13-18-10-3-1-2-4-11(10)20-13/h1-7H,8H2,(H,17,19). The highest BCUT2D eigenvalue weighted by Crippen LogP contribution is 2.21. The zero-order valence-electron chi connectivity index (χ0n) is 10.3. The molecular weight excluding hydrogens is 277 g/mol. The molecule has 1 amide bonds. The average Bonchev–Trinajstić information content (AvgIpc) is 2.87. The molecule has 2 heterocycles. The Morgan fingerprint density at radius 2 is 2.15 bits per heavy atom. The summed E-state index contributed by atoms with van der Waals surface area (Å²) in [7, 11) is 0. The molecule has 0 aliphatic heterocycles. The Morgan fingerprint density at radius 3 is 2.95 bits per heavy atom. The number of fused-ring (bicyclic) bond motifs is 1. The van der Waals surface area contributed by atoms with Gasteiger partial charge in [-0.05, 0) is 18.2 Å². The number of para-hydroxylation sites is 1. The van der Waals surface area contributed by atoms with E-state index in [1.807, 2.05) is 24.3 Å². The average molecular weight is 287 g/mol. The number of nitrogens with zero attached hydrogens (tertiary/aromatic N) is 2. The molecule has 0 atom stereocenters. The van der Waals surface area contributed by atoms with Gasteiger partial charge in [-0.2, -0.15) is 4.39 Å². The van der Waals surface area contributed by atoms with Crippen LogP contribution in [-0.2, 0) is 6.54 Å². The summed E-state index contributed by atoms with van der Waals surface area (Å²) < 4.78 is 14.0. The minimum Gasteiger partial charge on any atom is -0.346 e. The Morgan fingerprint density at radius 1 is 1.30 bits per heavy atom. The molecule has 3 aromatic rings. The van der Waals surface area contributed by atoms with Crippen molar-refractivity contribution in [3.63, 3.8) is 0 Å². The molecule has 0 radical (unpaired) electrons. The number of nitrogens with one attached hydrogen (secondary N) is 1. The van der Waals surface area contributed by atoms with E-state index in [0.29, 0.717) is 6.54 Å². The fourth-order valence-electron chi connectivity index (χ4n) is 1.80. The number of carbonyl (C=O) groups excluding carboxylic acids is 1. The van der Waals surface area contributed by atoms with Crippen LogP contribution < -0.4 is 5.32 Å². The normalized spacial score (nSPS) is 10.7. The summed E-state index contributed by atoms with van der Waals surface area (Å²) in [6, 6.07) is 10.4. The van der Waals surface area contributed by atoms with Gasteiger partial charge in [-0.1, -0.05) is 12.1 Å². The predicted octanol–water partition coefficient (Wildman–Crippen LogP) is 2.76. The lowest BCUT2D eigenvalue weighted by atomic mass is 10.2. The molecule has 0 aliphatic rings. The minimum atomic E-state index is -0.669. The third-order valence-corrected chi connectivity index (χ3v) is 3.76. The number of amides is 1. The molecule has 0 saturated carbocycles. The number of thiazole rings is 1. The molecular formula is C14H10FN3OS. The maximum Gasteiger partial charge on any atom is 0.251 e. The largest absolute Gasteiger partial charge is 0.346 e. The van der Waals surface area contributed by atoms with E-state index in [4.69, 9.17) is 0 Å². The Labute approximate surface area is 118 Å². The molecule has 6 heteroatoms. The smallest absolute Gasteiger partial charge is 0.251 e. The van der Waals surface area contributed by atoms with Gasteiger partial charge in [-0.25, -0.2) is 9.97 Å². The highest BCUT2D eigenvalue weighted by atomic mass is 32.1. The van der Waals surface area contributed by atoms with Gasteiger partial charge >= 0.3 is 0 Å². The monoisotopic (exact) mass is 287 g/mol. The van der Waals surface area contributed by atoms with E-state index in [1.165, 1.54) is 23.6 Å². The Bertz CT molecular complexity index is 739. The number of carbonyl (C=O) groups is 1. The lowest BCUT2D eigenvalue weighted by molar-refractivity contribution is 0.0950. The van der Waals surface area contributed by atoms with Crippen LogP contribution in [0.15, 0.2) is 42.6 Å². The van der Waals surface area contributed by atoms with E-state index in [0.717, 1.165) is 21.3 Å². The van der Waals surface area contributed by atoms with Crippen LogP contribution in [0.3, 0.4) is 0 Å². The first-order chi connectivity index (χ1) is 9.72. The molecule has 100 valence electrons. The van der Waals surface area contributed by atoms with Crippen molar-refractivity contribution in [1.82, 2.24) is 15.3 Å². The fourth-order valence-corrected chi connectivity index (χ4v) is 2.70. The van der Waals surface area contributed by atoms with Crippen LogP contribution >= 0.6 is 11.3 Å². The van der Waals surface area contributed by atoms with Crippen molar-refractivity contribution in [2.45, 2.75) is 6.54 Å². The van der Waals surface area contributed by atoms with Crippen molar-refractivity contribution in [2.75, 3.05) is 0 Å². The molecule has 0 fully saturated rings. The lowest BCUT2D eigenvalue weighted by Gasteiger charge is -2.02. The Hall–Kier alpha value is -2.34. The van der Waals surface area contributed by atoms with E-state index in [2.05, 4.69) is 15.3 Å². The zero-order valence-corrected chi connectivity index (χ0v) is 11.2. The number of hydrogen-bond donors (Lipinski definition) is 1. The van der Waals surface area contributed by atoms with Crippen LogP contribution in [0.25, 0.3) is 10.2 Å². The number of pyridine rings is 1. The van der Waals surface area contributed by atoms with Gasteiger partial charge in [-0.15, -0.1) is 11.3 Å². The first-order valence-corrected chi connectivity index (χ1v) is 6.78. The fraction of sp³-hybridized carbons (Fsp3) is 0.0714. The van der Waals surface area contributed by atoms with Crippen LogP contribution in [0, 0.1) is 5.95 Å². The van der Waals surface area contributed by atoms with Gasteiger partial charge in [0.25, 0.3) is 5.91 Å². The molecule has 2 aromatic heterocycles. The quantitative estimate of drug-likeness (QED) is 0.754. The third kappa shape index (κ3) is 2.65. The summed E-state index contributed by atoms with van der Waals surface area (Å²) >= 11 is 1.53. The second kappa shape index (κ2) is 5.34. The van der Waals surface area contributed by atoms with E-state index >= 15 is 0 Å². The van der Waals surface area contributed by atoms with Gasteiger partial charge < -0.3 is 5.32 Å². The molecule has 0 unspecified atom stereocenters. The third-order valence-electron chi connectivity index (χ3n) is 2.73. The Balaban J connectivity index is 1.71. The van der Waals surface area contributed by atoms with Crippen LogP contribution in [0.1, 0.15) is 15.4 Å². The lowest BCUT2D eigenvalue weighted by Crippen LogP contribution is -2.22. The first-order valence-electron chi connectivity index (χ1n) is 5.96. The van der Waals surface area contributed by atoms with Crippen molar-refractivity contribution in [3.8, 4) is 0 Å². The molecule has 0 aliphatic carbocycles. The summed E-state index contributed by atoms with van der Waals surface area (Å²) in [5.41, 5.74) is 1.16. The van der Waals surface area contributed by atoms with E-state index in [-0.39, 0.29) is 11.5 Å². The van der Waals surface area contributed by atoms with E-state index < -0.39 is 5.95 Å². The first kappa shape index (κ1) is 12.7. The topological polar surface area (TPSA) is 54.9 Å². The van der Waals surface area contributed by atoms with Crippen LogP contribution in [0.2, 0.25) is 0 Å². The highest BCUT2D eigenvalue weighted by molar-refractivity contribution is 7.18. The number of hydrogen-bond acceptors (Lipinski definition) is 4. The van der Waals surface area contributed by atoms with Gasteiger partial charge in [0.15, 0.2) is 0 Å². The van der Waals surface area contributed by atoms with Gasteiger partial charge in [0.1, 0.15) is 5.01 Å². The summed E-state index contributed by atoms with van der Waals surface area (Å²) in [6.07, 6.45) is 1.27. The maximum absolute atomic E-state index is 12.9. The second-order valence-electron chi connectivity index (χ2n) is 4.13. The van der Waals surface area contributed by atoms with Crippen LogP contribution in [0.5, 0.6) is 0 Å². The van der Waals surface area contributed by atoms with Crippen LogP contribution in [-0.4, -0.2) is 15.9 Å². The molecule has 0 saturated heterocycles. The van der Waals surface area contributed by atoms with Crippen molar-refractivity contribution in [1.29, 1.82) is 0 Å². The zero-order chi connectivity index (χ0) is 13.9. The summed E-state index contributed by atoms with van der Waals surface area (Å²) in [4.78, 5) is 19.7. The van der Waals surface area contributed by atoms with E-state index in [9.17, 15) is 9.18 Å².